The molecule has 0 spiro atoms. The van der Waals surface area contributed by atoms with E-state index in [1.54, 1.807) is 7.11 Å². The van der Waals surface area contributed by atoms with Crippen molar-refractivity contribution in [3.05, 3.63) is 35.9 Å². The summed E-state index contributed by atoms with van der Waals surface area (Å²) in [5.41, 5.74) is 1.20. The molecule has 0 amide bonds. The maximum atomic E-state index is 5.60. The molecule has 1 N–H and O–H groups in total. The number of ether oxygens (including phenoxy) is 2. The van der Waals surface area contributed by atoms with E-state index in [1.165, 1.54) is 5.56 Å². The average Bonchev–Trinajstić information content (AvgIpc) is 2.37. The minimum Gasteiger partial charge on any atom is -0.493 e. The van der Waals surface area contributed by atoms with Gasteiger partial charge in [-0.05, 0) is 31.2 Å². The van der Waals surface area contributed by atoms with Gasteiger partial charge in [-0.3, -0.25) is 0 Å². The first kappa shape index (κ1) is 13.6. The number of hydrogen-bond acceptors (Lipinski definition) is 3. The minimum atomic E-state index is 0.569. The predicted octanol–water partition coefficient (Wildman–Crippen LogP) is 2.76. The Labute approximate surface area is 103 Å². The summed E-state index contributed by atoms with van der Waals surface area (Å²) in [7, 11) is 1.66. The van der Waals surface area contributed by atoms with Crippen LogP contribution in [-0.4, -0.2) is 20.3 Å². The van der Waals surface area contributed by atoms with Gasteiger partial charge in [0.25, 0.3) is 0 Å². The number of hydrogen-bond donors (Lipinski definition) is 1. The molecule has 0 unspecified atom stereocenters. The molecule has 1 aromatic carbocycles. The van der Waals surface area contributed by atoms with Crippen LogP contribution in [0.1, 0.15) is 19.4 Å². The fourth-order valence-corrected chi connectivity index (χ4v) is 1.44. The Bertz CT molecular complexity index is 361. The second kappa shape index (κ2) is 7.74. The van der Waals surface area contributed by atoms with Crippen LogP contribution >= 0.6 is 0 Å². The fourth-order valence-electron chi connectivity index (χ4n) is 1.44. The molecule has 3 heteroatoms. The molecule has 0 aromatic heterocycles. The lowest BCUT2D eigenvalue weighted by molar-refractivity contribution is 0.326. The third-order valence-electron chi connectivity index (χ3n) is 2.38. The van der Waals surface area contributed by atoms with Gasteiger partial charge in [-0.2, -0.15) is 0 Å². The summed E-state index contributed by atoms with van der Waals surface area (Å²) in [4.78, 5) is 0. The molecule has 1 rings (SSSR count). The van der Waals surface area contributed by atoms with Crippen molar-refractivity contribution in [3.63, 3.8) is 0 Å². The van der Waals surface area contributed by atoms with E-state index in [-0.39, 0.29) is 0 Å². The average molecular weight is 235 g/mol. The lowest BCUT2D eigenvalue weighted by Gasteiger charge is -2.11. The molecule has 0 saturated carbocycles. The van der Waals surface area contributed by atoms with Crippen LogP contribution in [0.25, 0.3) is 0 Å². The van der Waals surface area contributed by atoms with Crippen molar-refractivity contribution in [1.82, 2.24) is 5.32 Å². The monoisotopic (exact) mass is 235 g/mol. The van der Waals surface area contributed by atoms with Crippen LogP contribution < -0.4 is 14.8 Å². The second-order valence-corrected chi connectivity index (χ2v) is 3.65. The van der Waals surface area contributed by atoms with Crippen molar-refractivity contribution >= 4 is 0 Å². The summed E-state index contributed by atoms with van der Waals surface area (Å²) in [5, 5.41) is 3.28. The molecule has 0 radical (unpaired) electrons. The Hall–Kier alpha value is -1.48. The first-order chi connectivity index (χ1) is 8.31. The topological polar surface area (TPSA) is 30.5 Å². The van der Waals surface area contributed by atoms with Gasteiger partial charge in [-0.15, -0.1) is 0 Å². The van der Waals surface area contributed by atoms with E-state index >= 15 is 0 Å². The Balaban J connectivity index is 2.70. The first-order valence-electron chi connectivity index (χ1n) is 5.93. The highest BCUT2D eigenvalue weighted by Crippen LogP contribution is 2.27. The largest absolute Gasteiger partial charge is 0.493 e. The van der Waals surface area contributed by atoms with E-state index in [1.807, 2.05) is 31.2 Å². The van der Waals surface area contributed by atoms with Crippen molar-refractivity contribution in [2.24, 2.45) is 0 Å². The summed E-state index contributed by atoms with van der Waals surface area (Å²) in [6.45, 7) is 6.44. The number of methoxy groups -OCH3 is 1. The molecular weight excluding hydrogens is 214 g/mol. The molecule has 3 nitrogen and oxygen atoms in total. The van der Waals surface area contributed by atoms with Crippen LogP contribution in [0.2, 0.25) is 0 Å². The molecule has 0 heterocycles. The molecule has 17 heavy (non-hydrogen) atoms. The molecule has 0 fully saturated rings. The van der Waals surface area contributed by atoms with Gasteiger partial charge in [0, 0.05) is 6.54 Å². The second-order valence-electron chi connectivity index (χ2n) is 3.65. The molecule has 0 bridgehead atoms. The van der Waals surface area contributed by atoms with Crippen molar-refractivity contribution in [2.45, 2.75) is 20.4 Å². The zero-order valence-corrected chi connectivity index (χ0v) is 10.8. The maximum absolute atomic E-state index is 5.60. The minimum absolute atomic E-state index is 0.569. The molecule has 0 aliphatic rings. The van der Waals surface area contributed by atoms with Crippen molar-refractivity contribution in [2.75, 3.05) is 20.3 Å². The van der Waals surface area contributed by atoms with Crippen molar-refractivity contribution in [3.8, 4) is 11.5 Å². The number of rotatable bonds is 7. The molecule has 0 aliphatic carbocycles. The molecule has 0 aliphatic heterocycles. The van der Waals surface area contributed by atoms with E-state index in [2.05, 4.69) is 18.3 Å². The lowest BCUT2D eigenvalue weighted by Crippen LogP contribution is -2.11. The number of benzene rings is 1. The van der Waals surface area contributed by atoms with E-state index in [4.69, 9.17) is 9.47 Å². The Kier molecular flexibility index (Phi) is 6.18. The van der Waals surface area contributed by atoms with Crippen LogP contribution in [0.4, 0.5) is 0 Å². The van der Waals surface area contributed by atoms with E-state index in [0.29, 0.717) is 6.61 Å². The molecule has 94 valence electrons. The summed E-state index contributed by atoms with van der Waals surface area (Å²) < 4.78 is 10.9. The highest BCUT2D eigenvalue weighted by atomic mass is 16.5. The Morgan fingerprint density at radius 3 is 2.76 bits per heavy atom. The predicted molar refractivity (Wildman–Crippen MR) is 70.7 cm³/mol. The van der Waals surface area contributed by atoms with E-state index in [0.717, 1.165) is 24.6 Å². The van der Waals surface area contributed by atoms with Crippen LogP contribution in [-0.2, 0) is 6.54 Å². The molecule has 0 saturated heterocycles. The summed E-state index contributed by atoms with van der Waals surface area (Å²) in [6, 6.07) is 6.01. The first-order valence-corrected chi connectivity index (χ1v) is 5.93. The van der Waals surface area contributed by atoms with Crippen LogP contribution in [0.3, 0.4) is 0 Å². The van der Waals surface area contributed by atoms with Gasteiger partial charge >= 0.3 is 0 Å². The van der Waals surface area contributed by atoms with Crippen molar-refractivity contribution in [1.29, 1.82) is 0 Å². The lowest BCUT2D eigenvalue weighted by atomic mass is 10.2. The third-order valence-corrected chi connectivity index (χ3v) is 2.38. The molecule has 0 atom stereocenters. The standard InChI is InChI=1S/C14H21NO2/c1-4-6-9-17-13-8-7-12(11-15-5-2)10-14(13)16-3/h4,6-8,10,15H,5,9,11H2,1-3H3/b6-4+. The van der Waals surface area contributed by atoms with Gasteiger partial charge in [-0.25, -0.2) is 0 Å². The normalized spacial score (nSPS) is 10.8. The van der Waals surface area contributed by atoms with Gasteiger partial charge in [0.1, 0.15) is 6.61 Å². The van der Waals surface area contributed by atoms with Gasteiger partial charge in [-0.1, -0.05) is 25.1 Å². The van der Waals surface area contributed by atoms with Gasteiger partial charge in [0.2, 0.25) is 0 Å². The van der Waals surface area contributed by atoms with Crippen LogP contribution in [0, 0.1) is 0 Å². The summed E-state index contributed by atoms with van der Waals surface area (Å²) in [6.07, 6.45) is 3.93. The van der Waals surface area contributed by atoms with Gasteiger partial charge in [0.05, 0.1) is 7.11 Å². The number of allylic oxidation sites excluding steroid dienone is 1. The zero-order chi connectivity index (χ0) is 12.5. The fraction of sp³-hybridized carbons (Fsp3) is 0.429. The maximum Gasteiger partial charge on any atom is 0.161 e. The summed E-state index contributed by atoms with van der Waals surface area (Å²) >= 11 is 0. The quantitative estimate of drug-likeness (QED) is 0.737. The SMILES string of the molecule is C/C=C/COc1ccc(CNCC)cc1OC. The smallest absolute Gasteiger partial charge is 0.161 e. The zero-order valence-electron chi connectivity index (χ0n) is 10.8. The Morgan fingerprint density at radius 2 is 2.12 bits per heavy atom. The third kappa shape index (κ3) is 4.49. The van der Waals surface area contributed by atoms with E-state index < -0.39 is 0 Å². The van der Waals surface area contributed by atoms with Crippen LogP contribution in [0.5, 0.6) is 11.5 Å². The highest BCUT2D eigenvalue weighted by Gasteiger charge is 2.04. The molecular formula is C14H21NO2. The highest BCUT2D eigenvalue weighted by molar-refractivity contribution is 5.43. The van der Waals surface area contributed by atoms with Gasteiger partial charge < -0.3 is 14.8 Å². The van der Waals surface area contributed by atoms with Crippen molar-refractivity contribution < 1.29 is 9.47 Å². The van der Waals surface area contributed by atoms with Crippen LogP contribution in [0.15, 0.2) is 30.4 Å². The molecule has 1 aromatic rings. The van der Waals surface area contributed by atoms with E-state index in [9.17, 15) is 0 Å². The number of nitrogens with one attached hydrogen (secondary N) is 1. The summed E-state index contributed by atoms with van der Waals surface area (Å²) in [5.74, 6) is 1.57. The Morgan fingerprint density at radius 1 is 1.29 bits per heavy atom. The van der Waals surface area contributed by atoms with Gasteiger partial charge in [0.15, 0.2) is 11.5 Å².